The molecule has 2 fully saturated rings. The van der Waals surface area contributed by atoms with Crippen LogP contribution in [0.4, 0.5) is 10.5 Å². The summed E-state index contributed by atoms with van der Waals surface area (Å²) < 4.78 is 5.33. The van der Waals surface area contributed by atoms with Crippen molar-refractivity contribution in [3.63, 3.8) is 0 Å². The highest BCUT2D eigenvalue weighted by molar-refractivity contribution is 5.90. The summed E-state index contributed by atoms with van der Waals surface area (Å²) in [5.41, 5.74) is 8.45. The van der Waals surface area contributed by atoms with Crippen molar-refractivity contribution in [3.8, 4) is 11.3 Å². The van der Waals surface area contributed by atoms with Crippen LogP contribution in [0, 0.1) is 11.8 Å². The van der Waals surface area contributed by atoms with E-state index in [1.807, 2.05) is 29.2 Å². The third-order valence-electron chi connectivity index (χ3n) is 5.39. The molecule has 3 atom stereocenters. The topological polar surface area (TPSA) is 82.4 Å². The van der Waals surface area contributed by atoms with Gasteiger partial charge in [-0.3, -0.25) is 10.9 Å². The van der Waals surface area contributed by atoms with E-state index in [-0.39, 0.29) is 6.03 Å². The number of oxazole rings is 1. The third-order valence-corrected chi connectivity index (χ3v) is 5.39. The summed E-state index contributed by atoms with van der Waals surface area (Å²) in [6, 6.07) is 8.42. The normalized spacial score (nSPS) is 25.3. The SMILES string of the molecule is CC(C)C1NNC2CCN(C(=O)Nc3cccc(-c4cnco4)c3)CC21. The molecule has 1 aromatic heterocycles. The van der Waals surface area contributed by atoms with Crippen molar-refractivity contribution in [2.45, 2.75) is 32.4 Å². The monoisotopic (exact) mass is 355 g/mol. The van der Waals surface area contributed by atoms with E-state index in [1.54, 1.807) is 6.20 Å². The Morgan fingerprint density at radius 3 is 3.04 bits per heavy atom. The minimum absolute atomic E-state index is 0.0485. The molecule has 4 rings (SSSR count). The maximum Gasteiger partial charge on any atom is 0.321 e. The molecule has 2 aromatic rings. The molecule has 0 radical (unpaired) electrons. The van der Waals surface area contributed by atoms with Crippen molar-refractivity contribution in [1.29, 1.82) is 0 Å². The van der Waals surface area contributed by atoms with Crippen LogP contribution in [0.25, 0.3) is 11.3 Å². The average molecular weight is 355 g/mol. The van der Waals surface area contributed by atoms with Gasteiger partial charge in [0.25, 0.3) is 0 Å². The van der Waals surface area contributed by atoms with E-state index in [0.29, 0.717) is 29.7 Å². The lowest BCUT2D eigenvalue weighted by Crippen LogP contribution is -2.50. The first-order valence-corrected chi connectivity index (χ1v) is 9.18. The van der Waals surface area contributed by atoms with Crippen LogP contribution in [0.1, 0.15) is 20.3 Å². The molecular weight excluding hydrogens is 330 g/mol. The van der Waals surface area contributed by atoms with Crippen molar-refractivity contribution < 1.29 is 9.21 Å². The average Bonchev–Trinajstić information content (AvgIpc) is 3.31. The number of hydrazine groups is 1. The predicted molar refractivity (Wildman–Crippen MR) is 99.3 cm³/mol. The largest absolute Gasteiger partial charge is 0.444 e. The van der Waals surface area contributed by atoms with Gasteiger partial charge in [-0.05, 0) is 24.5 Å². The summed E-state index contributed by atoms with van der Waals surface area (Å²) in [6.07, 6.45) is 4.03. The van der Waals surface area contributed by atoms with Crippen LogP contribution < -0.4 is 16.2 Å². The second-order valence-electron chi connectivity index (χ2n) is 7.44. The van der Waals surface area contributed by atoms with Crippen molar-refractivity contribution >= 4 is 11.7 Å². The summed E-state index contributed by atoms with van der Waals surface area (Å²) in [4.78, 5) is 18.6. The molecule has 3 N–H and O–H groups in total. The van der Waals surface area contributed by atoms with E-state index in [2.05, 4.69) is 35.0 Å². The molecule has 26 heavy (non-hydrogen) atoms. The van der Waals surface area contributed by atoms with Crippen molar-refractivity contribution in [3.05, 3.63) is 36.9 Å². The number of carbonyl (C=O) groups is 1. The highest BCUT2D eigenvalue weighted by Crippen LogP contribution is 2.28. The molecule has 2 aliphatic heterocycles. The summed E-state index contributed by atoms with van der Waals surface area (Å²) in [7, 11) is 0. The van der Waals surface area contributed by atoms with Gasteiger partial charge in [0, 0.05) is 42.3 Å². The quantitative estimate of drug-likeness (QED) is 0.789. The van der Waals surface area contributed by atoms with E-state index in [4.69, 9.17) is 4.42 Å². The number of hydrogen-bond acceptors (Lipinski definition) is 5. The molecule has 0 spiro atoms. The Bertz CT molecular complexity index is 761. The number of nitrogens with zero attached hydrogens (tertiary/aromatic N) is 2. The summed E-state index contributed by atoms with van der Waals surface area (Å²) in [5.74, 6) is 1.65. The van der Waals surface area contributed by atoms with E-state index < -0.39 is 0 Å². The molecule has 138 valence electrons. The minimum atomic E-state index is -0.0485. The van der Waals surface area contributed by atoms with Crippen LogP contribution in [0.3, 0.4) is 0 Å². The first-order valence-electron chi connectivity index (χ1n) is 9.18. The van der Waals surface area contributed by atoms with E-state index >= 15 is 0 Å². The van der Waals surface area contributed by atoms with Gasteiger partial charge in [0.2, 0.25) is 0 Å². The lowest BCUT2D eigenvalue weighted by Gasteiger charge is -2.36. The van der Waals surface area contributed by atoms with Gasteiger partial charge in [-0.1, -0.05) is 26.0 Å². The Balaban J connectivity index is 1.43. The number of aromatic nitrogens is 1. The molecule has 2 saturated heterocycles. The molecule has 3 heterocycles. The second kappa shape index (κ2) is 7.09. The standard InChI is InChI=1S/C19H25N5O2/c1-12(2)18-15-10-24(7-6-16(15)22-23-18)19(25)21-14-5-3-4-13(8-14)17-9-20-11-26-17/h3-5,8-9,11-12,15-16,18,22-23H,6-7,10H2,1-2H3,(H,21,25). The highest BCUT2D eigenvalue weighted by Gasteiger charge is 2.41. The Hall–Kier alpha value is -2.38. The van der Waals surface area contributed by atoms with Crippen molar-refractivity contribution in [2.24, 2.45) is 11.8 Å². The number of likely N-dealkylation sites (tertiary alicyclic amines) is 1. The molecule has 0 aliphatic carbocycles. The number of amides is 2. The minimum Gasteiger partial charge on any atom is -0.444 e. The van der Waals surface area contributed by atoms with Crippen LogP contribution >= 0.6 is 0 Å². The number of nitrogens with one attached hydrogen (secondary N) is 3. The van der Waals surface area contributed by atoms with Crippen LogP contribution in [0.15, 0.2) is 41.3 Å². The van der Waals surface area contributed by atoms with Crippen LogP contribution in [0.5, 0.6) is 0 Å². The number of piperidine rings is 1. The third kappa shape index (κ3) is 3.32. The Labute approximate surface area is 153 Å². The highest BCUT2D eigenvalue weighted by atomic mass is 16.3. The molecule has 3 unspecified atom stereocenters. The molecule has 2 amide bonds. The number of carbonyl (C=O) groups excluding carboxylic acids is 1. The summed E-state index contributed by atoms with van der Waals surface area (Å²) in [5, 5.41) is 3.02. The van der Waals surface area contributed by atoms with Gasteiger partial charge in [0.15, 0.2) is 12.2 Å². The zero-order valence-electron chi connectivity index (χ0n) is 15.1. The van der Waals surface area contributed by atoms with Crippen molar-refractivity contribution in [2.75, 3.05) is 18.4 Å². The lowest BCUT2D eigenvalue weighted by atomic mass is 9.83. The van der Waals surface area contributed by atoms with Crippen LogP contribution in [-0.4, -0.2) is 41.1 Å². The zero-order chi connectivity index (χ0) is 18.1. The van der Waals surface area contributed by atoms with E-state index in [0.717, 1.165) is 30.8 Å². The first kappa shape index (κ1) is 17.1. The van der Waals surface area contributed by atoms with Gasteiger partial charge >= 0.3 is 6.03 Å². The van der Waals surface area contributed by atoms with Crippen LogP contribution in [0.2, 0.25) is 0 Å². The molecule has 7 nitrogen and oxygen atoms in total. The fraction of sp³-hybridized carbons (Fsp3) is 0.474. The predicted octanol–water partition coefficient (Wildman–Crippen LogP) is 2.70. The number of rotatable bonds is 3. The molecule has 7 heteroatoms. The summed E-state index contributed by atoms with van der Waals surface area (Å²) >= 11 is 0. The Morgan fingerprint density at radius 2 is 2.27 bits per heavy atom. The van der Waals surface area contributed by atoms with Crippen molar-refractivity contribution in [1.82, 2.24) is 20.7 Å². The van der Waals surface area contributed by atoms with Gasteiger partial charge in [-0.15, -0.1) is 0 Å². The molecule has 1 aromatic carbocycles. The number of fused-ring (bicyclic) bond motifs is 1. The second-order valence-corrected chi connectivity index (χ2v) is 7.44. The van der Waals surface area contributed by atoms with Gasteiger partial charge in [-0.2, -0.15) is 0 Å². The fourth-order valence-corrected chi connectivity index (χ4v) is 3.99. The summed E-state index contributed by atoms with van der Waals surface area (Å²) in [6.45, 7) is 5.96. The smallest absolute Gasteiger partial charge is 0.321 e. The molecule has 0 bridgehead atoms. The number of anilines is 1. The van der Waals surface area contributed by atoms with Gasteiger partial charge < -0.3 is 14.6 Å². The Morgan fingerprint density at radius 1 is 1.38 bits per heavy atom. The molecular formula is C19H25N5O2. The van der Waals surface area contributed by atoms with E-state index in [1.165, 1.54) is 6.39 Å². The molecule has 2 aliphatic rings. The lowest BCUT2D eigenvalue weighted by molar-refractivity contribution is 0.159. The first-order chi connectivity index (χ1) is 12.6. The van der Waals surface area contributed by atoms with Crippen LogP contribution in [-0.2, 0) is 0 Å². The van der Waals surface area contributed by atoms with Gasteiger partial charge in [0.1, 0.15) is 0 Å². The maximum absolute atomic E-state index is 12.8. The zero-order valence-corrected chi connectivity index (χ0v) is 15.1. The van der Waals surface area contributed by atoms with Gasteiger partial charge in [-0.25, -0.2) is 9.78 Å². The van der Waals surface area contributed by atoms with Gasteiger partial charge in [0.05, 0.1) is 6.20 Å². The Kier molecular flexibility index (Phi) is 4.65. The number of hydrogen-bond donors (Lipinski definition) is 3. The fourth-order valence-electron chi connectivity index (χ4n) is 3.99. The molecule has 0 saturated carbocycles. The number of benzene rings is 1. The maximum atomic E-state index is 12.8. The van der Waals surface area contributed by atoms with E-state index in [9.17, 15) is 4.79 Å². The number of urea groups is 1.